The zero-order valence-corrected chi connectivity index (χ0v) is 8.26. The van der Waals surface area contributed by atoms with Crippen LogP contribution in [0.25, 0.3) is 0 Å². The van der Waals surface area contributed by atoms with Crippen LogP contribution in [0.3, 0.4) is 0 Å². The van der Waals surface area contributed by atoms with Gasteiger partial charge in [-0.2, -0.15) is 5.10 Å². The van der Waals surface area contributed by atoms with Crippen LogP contribution in [0.5, 0.6) is 0 Å². The van der Waals surface area contributed by atoms with E-state index in [0.29, 0.717) is 6.61 Å². The van der Waals surface area contributed by atoms with Crippen LogP contribution in [0, 0.1) is 6.92 Å². The molecule has 0 fully saturated rings. The van der Waals surface area contributed by atoms with Gasteiger partial charge in [0.25, 0.3) is 0 Å². The van der Waals surface area contributed by atoms with Crippen molar-refractivity contribution in [1.29, 1.82) is 0 Å². The minimum atomic E-state index is 0.702. The Morgan fingerprint density at radius 3 is 2.91 bits per heavy atom. The van der Waals surface area contributed by atoms with Gasteiger partial charge >= 0.3 is 0 Å². The Balaban J connectivity index is 2.58. The van der Waals surface area contributed by atoms with Crippen LogP contribution >= 0.6 is 15.9 Å². The SMILES string of the molecule is COCCn1cc(Br)c(C)n1. The van der Waals surface area contributed by atoms with Crippen LogP contribution in [0.2, 0.25) is 0 Å². The number of aromatic nitrogens is 2. The van der Waals surface area contributed by atoms with Gasteiger partial charge in [0.2, 0.25) is 0 Å². The average molecular weight is 219 g/mol. The maximum Gasteiger partial charge on any atom is 0.0735 e. The summed E-state index contributed by atoms with van der Waals surface area (Å²) in [6, 6.07) is 0. The first-order valence-electron chi connectivity index (χ1n) is 3.42. The summed E-state index contributed by atoms with van der Waals surface area (Å²) in [5, 5.41) is 4.24. The molecule has 1 aromatic heterocycles. The standard InChI is InChI=1S/C7H11BrN2O/c1-6-7(8)5-10(9-6)3-4-11-2/h5H,3-4H2,1-2H3. The quantitative estimate of drug-likeness (QED) is 0.771. The molecule has 0 saturated carbocycles. The monoisotopic (exact) mass is 218 g/mol. The molecular formula is C7H11BrN2O. The second kappa shape index (κ2) is 3.88. The molecule has 0 radical (unpaired) electrons. The fraction of sp³-hybridized carbons (Fsp3) is 0.571. The molecule has 0 amide bonds. The molecular weight excluding hydrogens is 208 g/mol. The first-order valence-corrected chi connectivity index (χ1v) is 4.22. The fourth-order valence-corrected chi connectivity index (χ4v) is 1.11. The van der Waals surface area contributed by atoms with Crippen molar-refractivity contribution in [2.24, 2.45) is 0 Å². The normalized spacial score (nSPS) is 10.5. The van der Waals surface area contributed by atoms with Crippen LogP contribution in [0.4, 0.5) is 0 Å². The smallest absolute Gasteiger partial charge is 0.0735 e. The molecule has 0 N–H and O–H groups in total. The molecule has 0 atom stereocenters. The van der Waals surface area contributed by atoms with Gasteiger partial charge in [0.15, 0.2) is 0 Å². The van der Waals surface area contributed by atoms with Gasteiger partial charge in [0.1, 0.15) is 0 Å². The second-order valence-corrected chi connectivity index (χ2v) is 3.17. The molecule has 0 aliphatic heterocycles. The van der Waals surface area contributed by atoms with Gasteiger partial charge in [0, 0.05) is 13.3 Å². The Bertz CT molecular complexity index is 215. The summed E-state index contributed by atoms with van der Waals surface area (Å²) in [7, 11) is 1.69. The first-order chi connectivity index (χ1) is 5.24. The van der Waals surface area contributed by atoms with Crippen LogP contribution in [0.1, 0.15) is 5.69 Å². The third kappa shape index (κ3) is 2.31. The average Bonchev–Trinajstić information content (AvgIpc) is 2.28. The number of halogens is 1. The molecule has 0 aliphatic carbocycles. The van der Waals surface area contributed by atoms with E-state index in [-0.39, 0.29) is 0 Å². The highest BCUT2D eigenvalue weighted by molar-refractivity contribution is 9.10. The Labute approximate surface area is 74.5 Å². The lowest BCUT2D eigenvalue weighted by molar-refractivity contribution is 0.183. The first kappa shape index (κ1) is 8.74. The van der Waals surface area contributed by atoms with Gasteiger partial charge in [-0.1, -0.05) is 0 Å². The minimum Gasteiger partial charge on any atom is -0.383 e. The molecule has 0 unspecified atom stereocenters. The van der Waals surface area contributed by atoms with E-state index in [1.54, 1.807) is 7.11 Å². The number of aryl methyl sites for hydroxylation is 1. The summed E-state index contributed by atoms with van der Waals surface area (Å²) in [4.78, 5) is 0. The van der Waals surface area contributed by atoms with Crippen LogP contribution in [-0.4, -0.2) is 23.5 Å². The number of hydrogen-bond acceptors (Lipinski definition) is 2. The van der Waals surface area contributed by atoms with Gasteiger partial charge in [-0.25, -0.2) is 0 Å². The lowest BCUT2D eigenvalue weighted by Gasteiger charge is -1.97. The second-order valence-electron chi connectivity index (χ2n) is 2.32. The predicted octanol–water partition coefficient (Wildman–Crippen LogP) is 1.60. The third-order valence-electron chi connectivity index (χ3n) is 1.41. The lowest BCUT2D eigenvalue weighted by Crippen LogP contribution is -2.04. The van der Waals surface area contributed by atoms with Crippen molar-refractivity contribution in [3.63, 3.8) is 0 Å². The molecule has 0 aromatic carbocycles. The van der Waals surface area contributed by atoms with E-state index in [9.17, 15) is 0 Å². The number of hydrogen-bond donors (Lipinski definition) is 0. The lowest BCUT2D eigenvalue weighted by atomic mass is 10.5. The van der Waals surface area contributed by atoms with Crippen molar-refractivity contribution in [3.05, 3.63) is 16.4 Å². The number of ether oxygens (including phenoxy) is 1. The number of nitrogens with zero attached hydrogens (tertiary/aromatic N) is 2. The Hall–Kier alpha value is -0.350. The maximum absolute atomic E-state index is 4.92. The largest absolute Gasteiger partial charge is 0.383 e. The number of rotatable bonds is 3. The van der Waals surface area contributed by atoms with Crippen molar-refractivity contribution in [2.45, 2.75) is 13.5 Å². The summed E-state index contributed by atoms with van der Waals surface area (Å²) in [6.45, 7) is 3.48. The molecule has 11 heavy (non-hydrogen) atoms. The van der Waals surface area contributed by atoms with Gasteiger partial charge in [0.05, 0.1) is 23.3 Å². The van der Waals surface area contributed by atoms with Gasteiger partial charge < -0.3 is 4.74 Å². The highest BCUT2D eigenvalue weighted by atomic mass is 79.9. The minimum absolute atomic E-state index is 0.702. The van der Waals surface area contributed by atoms with E-state index in [1.165, 1.54) is 0 Å². The number of methoxy groups -OCH3 is 1. The van der Waals surface area contributed by atoms with E-state index in [1.807, 2.05) is 17.8 Å². The van der Waals surface area contributed by atoms with E-state index in [4.69, 9.17) is 4.74 Å². The third-order valence-corrected chi connectivity index (χ3v) is 2.19. The topological polar surface area (TPSA) is 27.1 Å². The molecule has 62 valence electrons. The molecule has 1 aromatic rings. The maximum atomic E-state index is 4.92. The highest BCUT2D eigenvalue weighted by Crippen LogP contribution is 2.12. The summed E-state index contributed by atoms with van der Waals surface area (Å²) < 4.78 is 7.83. The zero-order valence-electron chi connectivity index (χ0n) is 6.67. The van der Waals surface area contributed by atoms with Gasteiger partial charge in [-0.05, 0) is 22.9 Å². The molecule has 0 aliphatic rings. The van der Waals surface area contributed by atoms with Crippen LogP contribution in [-0.2, 0) is 11.3 Å². The van der Waals surface area contributed by atoms with E-state index >= 15 is 0 Å². The van der Waals surface area contributed by atoms with Crippen LogP contribution in [0.15, 0.2) is 10.7 Å². The Kier molecular flexibility index (Phi) is 3.08. The van der Waals surface area contributed by atoms with Crippen molar-refractivity contribution in [2.75, 3.05) is 13.7 Å². The Morgan fingerprint density at radius 2 is 2.45 bits per heavy atom. The van der Waals surface area contributed by atoms with Crippen molar-refractivity contribution < 1.29 is 4.74 Å². The summed E-state index contributed by atoms with van der Waals surface area (Å²) in [6.07, 6.45) is 1.95. The molecule has 1 rings (SSSR count). The molecule has 1 heterocycles. The zero-order chi connectivity index (χ0) is 8.27. The van der Waals surface area contributed by atoms with Crippen molar-refractivity contribution in [3.8, 4) is 0 Å². The molecule has 0 spiro atoms. The van der Waals surface area contributed by atoms with Crippen molar-refractivity contribution >= 4 is 15.9 Å². The molecule has 0 saturated heterocycles. The van der Waals surface area contributed by atoms with E-state index < -0.39 is 0 Å². The van der Waals surface area contributed by atoms with Crippen molar-refractivity contribution in [1.82, 2.24) is 9.78 Å². The molecule has 4 heteroatoms. The highest BCUT2D eigenvalue weighted by Gasteiger charge is 1.99. The predicted molar refractivity (Wildman–Crippen MR) is 46.5 cm³/mol. The Morgan fingerprint density at radius 1 is 1.73 bits per heavy atom. The fourth-order valence-electron chi connectivity index (χ4n) is 0.793. The molecule has 0 bridgehead atoms. The van der Waals surface area contributed by atoms with Gasteiger partial charge in [-0.15, -0.1) is 0 Å². The summed E-state index contributed by atoms with van der Waals surface area (Å²) in [5.41, 5.74) is 1.01. The van der Waals surface area contributed by atoms with E-state index in [2.05, 4.69) is 21.0 Å². The summed E-state index contributed by atoms with van der Waals surface area (Å²) >= 11 is 3.38. The van der Waals surface area contributed by atoms with Crippen LogP contribution < -0.4 is 0 Å². The van der Waals surface area contributed by atoms with E-state index in [0.717, 1.165) is 16.7 Å². The summed E-state index contributed by atoms with van der Waals surface area (Å²) in [5.74, 6) is 0. The van der Waals surface area contributed by atoms with Gasteiger partial charge in [-0.3, -0.25) is 4.68 Å². The molecule has 3 nitrogen and oxygen atoms in total.